The second-order valence-corrected chi connectivity index (χ2v) is 15.6. The van der Waals surface area contributed by atoms with Gasteiger partial charge in [0, 0.05) is 32.4 Å². The molecule has 10 heteroatoms. The SMILES string of the molecule is CN(C)C=O.Cc1ccc(Cc2cnc([Si](C)(C)C(C)(C)C)n2S(=O)(=O)O)cc1N. The van der Waals surface area contributed by atoms with Crippen molar-refractivity contribution < 1.29 is 17.8 Å². The van der Waals surface area contributed by atoms with Gasteiger partial charge in [-0.05, 0) is 29.2 Å². The number of nitrogens with zero attached hydrogens (tertiary/aromatic N) is 3. The fourth-order valence-corrected chi connectivity index (χ4v) is 5.93. The van der Waals surface area contributed by atoms with Crippen LogP contribution in [-0.4, -0.2) is 55.4 Å². The first-order chi connectivity index (χ1) is 13.5. The molecule has 1 aromatic heterocycles. The highest BCUT2D eigenvalue weighted by atomic mass is 32.2. The molecule has 0 aliphatic carbocycles. The standard InChI is InChI=1S/C17H27N3O3SSi.C3H7NO/c1-12-7-8-13(10-15(12)18)9-14-11-19-16(20(14)24(21,22)23)25(5,6)17(2,3)4;1-4(2)3-5/h7-8,10-11H,9,18H2,1-6H3,(H,21,22,23);3H,1-2H3. The van der Waals surface area contributed by atoms with Crippen LogP contribution in [0.4, 0.5) is 5.69 Å². The van der Waals surface area contributed by atoms with Crippen molar-refractivity contribution in [1.29, 1.82) is 0 Å². The van der Waals surface area contributed by atoms with E-state index in [9.17, 15) is 17.8 Å². The van der Waals surface area contributed by atoms with Crippen molar-refractivity contribution in [3.8, 4) is 0 Å². The van der Waals surface area contributed by atoms with Gasteiger partial charge in [0.05, 0.1) is 5.69 Å². The third-order valence-electron chi connectivity index (χ3n) is 5.39. The van der Waals surface area contributed by atoms with Crippen LogP contribution in [0, 0.1) is 6.92 Å². The topological polar surface area (TPSA) is 119 Å². The van der Waals surface area contributed by atoms with Crippen molar-refractivity contribution >= 4 is 35.9 Å². The number of nitrogens with two attached hydrogens (primary N) is 1. The number of carbonyl (C=O) groups is 1. The summed E-state index contributed by atoms with van der Waals surface area (Å²) in [6.07, 6.45) is 2.62. The predicted molar refractivity (Wildman–Crippen MR) is 124 cm³/mol. The van der Waals surface area contributed by atoms with E-state index in [1.165, 1.54) is 4.90 Å². The van der Waals surface area contributed by atoms with Gasteiger partial charge in [-0.15, -0.1) is 0 Å². The van der Waals surface area contributed by atoms with Gasteiger partial charge in [-0.2, -0.15) is 8.42 Å². The highest BCUT2D eigenvalue weighted by molar-refractivity contribution is 7.84. The van der Waals surface area contributed by atoms with Gasteiger partial charge in [-0.3, -0.25) is 9.35 Å². The molecule has 1 heterocycles. The molecule has 168 valence electrons. The summed E-state index contributed by atoms with van der Waals surface area (Å²) in [6.45, 7) is 12.3. The Morgan fingerprint density at radius 3 is 2.20 bits per heavy atom. The fraction of sp³-hybridized carbons (Fsp3) is 0.500. The second-order valence-electron chi connectivity index (χ2n) is 9.13. The van der Waals surface area contributed by atoms with Crippen LogP contribution < -0.4 is 11.2 Å². The molecule has 0 atom stereocenters. The number of hydrogen-bond acceptors (Lipinski definition) is 5. The summed E-state index contributed by atoms with van der Waals surface area (Å²) in [7, 11) is -3.33. The van der Waals surface area contributed by atoms with Gasteiger partial charge in [0.25, 0.3) is 0 Å². The van der Waals surface area contributed by atoms with Crippen molar-refractivity contribution in [3.05, 3.63) is 41.2 Å². The first-order valence-electron chi connectivity index (χ1n) is 9.54. The molecule has 0 aliphatic rings. The molecule has 8 nitrogen and oxygen atoms in total. The number of carbonyl (C=O) groups excluding carboxylic acids is 1. The van der Waals surface area contributed by atoms with Crippen LogP contribution in [0.2, 0.25) is 18.1 Å². The molecule has 1 aromatic carbocycles. The molecule has 2 aromatic rings. The zero-order valence-corrected chi connectivity index (χ0v) is 20.9. The monoisotopic (exact) mass is 454 g/mol. The van der Waals surface area contributed by atoms with Crippen LogP contribution in [0.1, 0.15) is 37.6 Å². The summed E-state index contributed by atoms with van der Waals surface area (Å²) in [6, 6.07) is 5.62. The molecule has 0 aliphatic heterocycles. The summed E-state index contributed by atoms with van der Waals surface area (Å²) in [5.74, 6) is 0. The first-order valence-corrected chi connectivity index (χ1v) is 13.9. The van der Waals surface area contributed by atoms with Gasteiger partial charge in [0.1, 0.15) is 13.5 Å². The van der Waals surface area contributed by atoms with Crippen molar-refractivity contribution in [3.63, 3.8) is 0 Å². The molecule has 0 radical (unpaired) electrons. The average molecular weight is 455 g/mol. The molecule has 3 N–H and O–H groups in total. The van der Waals surface area contributed by atoms with Crippen molar-refractivity contribution in [1.82, 2.24) is 13.9 Å². The van der Waals surface area contributed by atoms with Gasteiger partial charge in [-0.1, -0.05) is 46.0 Å². The van der Waals surface area contributed by atoms with E-state index >= 15 is 0 Å². The third kappa shape index (κ3) is 6.16. The molecular formula is C20H34N4O4SSi. The van der Waals surface area contributed by atoms with Gasteiger partial charge in [0.2, 0.25) is 6.41 Å². The lowest BCUT2D eigenvalue weighted by Gasteiger charge is -2.35. The van der Waals surface area contributed by atoms with Crippen LogP contribution in [0.3, 0.4) is 0 Å². The minimum atomic E-state index is -4.44. The minimum absolute atomic E-state index is 0.119. The zero-order valence-electron chi connectivity index (χ0n) is 19.1. The summed E-state index contributed by atoms with van der Waals surface area (Å²) >= 11 is 0. The zero-order chi connectivity index (χ0) is 23.5. The van der Waals surface area contributed by atoms with Crippen LogP contribution in [0.5, 0.6) is 0 Å². The van der Waals surface area contributed by atoms with Gasteiger partial charge in [0.15, 0.2) is 0 Å². The number of aromatic nitrogens is 2. The van der Waals surface area contributed by atoms with Crippen molar-refractivity contribution in [2.45, 2.75) is 52.2 Å². The van der Waals surface area contributed by atoms with Gasteiger partial charge < -0.3 is 10.6 Å². The number of hydrogen-bond donors (Lipinski definition) is 2. The maximum Gasteiger partial charge on any atom is 0.364 e. The number of amides is 1. The van der Waals surface area contributed by atoms with E-state index in [4.69, 9.17) is 5.73 Å². The van der Waals surface area contributed by atoms with E-state index in [1.807, 2.05) is 25.1 Å². The highest BCUT2D eigenvalue weighted by Gasteiger charge is 2.43. The van der Waals surface area contributed by atoms with E-state index < -0.39 is 18.4 Å². The summed E-state index contributed by atoms with van der Waals surface area (Å²) < 4.78 is 35.0. The quantitative estimate of drug-likeness (QED) is 0.310. The summed E-state index contributed by atoms with van der Waals surface area (Å²) in [4.78, 5) is 15.3. The van der Waals surface area contributed by atoms with E-state index in [0.717, 1.165) is 21.5 Å². The lowest BCUT2D eigenvalue weighted by molar-refractivity contribution is -0.115. The first kappa shape index (κ1) is 25.9. The predicted octanol–water partition coefficient (Wildman–Crippen LogP) is 2.44. The Morgan fingerprint density at radius 1 is 1.27 bits per heavy atom. The minimum Gasteiger partial charge on any atom is -0.399 e. The molecular weight excluding hydrogens is 420 g/mol. The molecule has 0 bridgehead atoms. The second kappa shape index (κ2) is 9.32. The Balaban J connectivity index is 0.000000804. The Morgan fingerprint density at radius 2 is 1.80 bits per heavy atom. The Hall–Kier alpha value is -2.17. The number of anilines is 1. The summed E-state index contributed by atoms with van der Waals surface area (Å²) in [5, 5.41) is -0.119. The Bertz CT molecular complexity index is 993. The molecule has 0 unspecified atom stereocenters. The maximum atomic E-state index is 12.1. The lowest BCUT2D eigenvalue weighted by atomic mass is 10.1. The van der Waals surface area contributed by atoms with Gasteiger partial charge in [-0.25, -0.2) is 8.96 Å². The number of nitrogen functional groups attached to an aromatic ring is 1. The lowest BCUT2D eigenvalue weighted by Crippen LogP contribution is -2.55. The number of imidazole rings is 1. The molecule has 30 heavy (non-hydrogen) atoms. The van der Waals surface area contributed by atoms with Crippen molar-refractivity contribution in [2.75, 3.05) is 19.8 Å². The van der Waals surface area contributed by atoms with Crippen LogP contribution >= 0.6 is 0 Å². The van der Waals surface area contributed by atoms with E-state index in [2.05, 4.69) is 38.8 Å². The molecule has 0 fully saturated rings. The largest absolute Gasteiger partial charge is 0.399 e. The molecule has 2 rings (SSSR count). The molecule has 1 amide bonds. The van der Waals surface area contributed by atoms with E-state index in [0.29, 0.717) is 23.2 Å². The fourth-order valence-electron chi connectivity index (χ4n) is 2.51. The van der Waals surface area contributed by atoms with E-state index in [1.54, 1.807) is 20.3 Å². The van der Waals surface area contributed by atoms with Crippen LogP contribution in [-0.2, 0) is 21.5 Å². The van der Waals surface area contributed by atoms with Crippen molar-refractivity contribution in [2.24, 2.45) is 0 Å². The van der Waals surface area contributed by atoms with Crippen LogP contribution in [0.25, 0.3) is 0 Å². The number of benzene rings is 1. The highest BCUT2D eigenvalue weighted by Crippen LogP contribution is 2.35. The summed E-state index contributed by atoms with van der Waals surface area (Å²) in [5.41, 5.74) is 9.33. The van der Waals surface area contributed by atoms with Crippen LogP contribution in [0.15, 0.2) is 24.4 Å². The van der Waals surface area contributed by atoms with Gasteiger partial charge >= 0.3 is 10.3 Å². The normalized spacial score (nSPS) is 12.2. The van der Waals surface area contributed by atoms with E-state index in [-0.39, 0.29) is 5.04 Å². The molecule has 0 saturated carbocycles. The number of aryl methyl sites for hydroxylation is 1. The Kier molecular flexibility index (Phi) is 8.03. The smallest absolute Gasteiger partial charge is 0.364 e. The number of rotatable bonds is 5. The Labute approximate surface area is 181 Å². The third-order valence-corrected chi connectivity index (χ3v) is 11.6. The molecule has 0 spiro atoms. The maximum absolute atomic E-state index is 12.1. The average Bonchev–Trinajstić information content (AvgIpc) is 3.02. The molecule has 0 saturated heterocycles.